The van der Waals surface area contributed by atoms with Crippen molar-refractivity contribution in [2.24, 2.45) is 0 Å². The van der Waals surface area contributed by atoms with Gasteiger partial charge in [0.15, 0.2) is 4.96 Å². The third kappa shape index (κ3) is 3.94. The highest BCUT2D eigenvalue weighted by Gasteiger charge is 2.11. The first-order valence-corrected chi connectivity index (χ1v) is 9.96. The smallest absolute Gasteiger partial charge is 0.336 e. The van der Waals surface area contributed by atoms with Gasteiger partial charge in [0.05, 0.1) is 0 Å². The summed E-state index contributed by atoms with van der Waals surface area (Å²) in [5.74, 6) is 0.560. The molecule has 0 aliphatic carbocycles. The fourth-order valence-electron chi connectivity index (χ4n) is 3.12. The number of nitrogens with two attached hydrogens (primary N) is 1. The van der Waals surface area contributed by atoms with Crippen LogP contribution in [-0.4, -0.2) is 33.7 Å². The molecule has 3 N–H and O–H groups in total. The Bertz CT molecular complexity index is 1180. The molecular formula is C20H22N3O4S+. The molecular weight excluding hydrogens is 378 g/mol. The first-order valence-electron chi connectivity index (χ1n) is 9.09. The van der Waals surface area contributed by atoms with Gasteiger partial charge in [0.1, 0.15) is 42.8 Å². The van der Waals surface area contributed by atoms with Crippen molar-refractivity contribution in [1.29, 1.82) is 0 Å². The molecule has 146 valence electrons. The second kappa shape index (κ2) is 7.75. The van der Waals surface area contributed by atoms with E-state index >= 15 is 0 Å². The number of aliphatic hydroxyl groups excluding tert-OH is 1. The Morgan fingerprint density at radius 2 is 2.21 bits per heavy atom. The maximum atomic E-state index is 11.5. The lowest BCUT2D eigenvalue weighted by Crippen LogP contribution is -2.85. The van der Waals surface area contributed by atoms with Gasteiger partial charge >= 0.3 is 5.63 Å². The fraction of sp³-hybridized carbons (Fsp3) is 0.300. The largest absolute Gasteiger partial charge is 0.491 e. The number of aliphatic hydroxyl groups is 1. The molecule has 0 saturated heterocycles. The quantitative estimate of drug-likeness (QED) is 0.460. The van der Waals surface area contributed by atoms with Gasteiger partial charge in [-0.2, -0.15) is 0 Å². The molecule has 0 radical (unpaired) electrons. The van der Waals surface area contributed by atoms with Gasteiger partial charge in [-0.25, -0.2) is 9.78 Å². The molecule has 0 spiro atoms. The van der Waals surface area contributed by atoms with Crippen molar-refractivity contribution in [3.8, 4) is 5.75 Å². The second-order valence-corrected chi connectivity index (χ2v) is 7.70. The number of fused-ring (bicyclic) bond motifs is 2. The summed E-state index contributed by atoms with van der Waals surface area (Å²) in [6, 6.07) is 6.81. The molecule has 8 heteroatoms. The molecule has 4 aromatic rings. The van der Waals surface area contributed by atoms with Gasteiger partial charge in [0, 0.05) is 34.8 Å². The Morgan fingerprint density at radius 3 is 3.04 bits per heavy atom. The van der Waals surface area contributed by atoms with Crippen LogP contribution >= 0.6 is 11.3 Å². The van der Waals surface area contributed by atoms with Crippen LogP contribution < -0.4 is 15.7 Å². The molecule has 0 aliphatic rings. The minimum atomic E-state index is -0.620. The average molecular weight is 400 g/mol. The van der Waals surface area contributed by atoms with Gasteiger partial charge in [-0.05, 0) is 31.5 Å². The van der Waals surface area contributed by atoms with E-state index in [1.807, 2.05) is 30.6 Å². The first kappa shape index (κ1) is 18.7. The summed E-state index contributed by atoms with van der Waals surface area (Å²) in [5, 5.41) is 15.1. The molecule has 4 rings (SSSR count). The van der Waals surface area contributed by atoms with Crippen molar-refractivity contribution in [2.45, 2.75) is 26.5 Å². The molecule has 0 aliphatic heterocycles. The van der Waals surface area contributed by atoms with Gasteiger partial charge in [0.25, 0.3) is 0 Å². The summed E-state index contributed by atoms with van der Waals surface area (Å²) in [4.78, 5) is 17.1. The minimum Gasteiger partial charge on any atom is -0.491 e. The van der Waals surface area contributed by atoms with E-state index in [0.29, 0.717) is 24.4 Å². The number of nitrogens with zero attached hydrogens (tertiary/aromatic N) is 2. The number of benzene rings is 1. The van der Waals surface area contributed by atoms with E-state index in [1.54, 1.807) is 17.4 Å². The molecule has 3 aromatic heterocycles. The standard InChI is InChI=1S/C20H21N3O4S/c1-12-5-19(25)27-18-6-16(3-4-17(12)18)26-10-15(24)8-21-7-14-9-23-13(2)11-28-20(23)22-14/h3-6,9,11,15,21,24H,7-8,10H2,1-2H3/p+1/t15-/m0/s1. The Morgan fingerprint density at radius 1 is 1.36 bits per heavy atom. The molecule has 28 heavy (non-hydrogen) atoms. The molecule has 0 fully saturated rings. The zero-order valence-electron chi connectivity index (χ0n) is 15.7. The van der Waals surface area contributed by atoms with Gasteiger partial charge < -0.3 is 19.6 Å². The van der Waals surface area contributed by atoms with Crippen LogP contribution in [-0.2, 0) is 6.54 Å². The van der Waals surface area contributed by atoms with Gasteiger partial charge in [0.2, 0.25) is 0 Å². The zero-order valence-corrected chi connectivity index (χ0v) is 16.5. The van der Waals surface area contributed by atoms with E-state index in [2.05, 4.69) is 21.7 Å². The van der Waals surface area contributed by atoms with E-state index in [-0.39, 0.29) is 12.2 Å². The highest BCUT2D eigenvalue weighted by atomic mass is 32.1. The molecule has 0 unspecified atom stereocenters. The lowest BCUT2D eigenvalue weighted by molar-refractivity contribution is -0.677. The summed E-state index contributed by atoms with van der Waals surface area (Å²) < 4.78 is 13.0. The molecule has 1 atom stereocenters. The maximum absolute atomic E-state index is 11.5. The van der Waals surface area contributed by atoms with Crippen LogP contribution in [0.5, 0.6) is 5.75 Å². The first-order chi connectivity index (χ1) is 13.5. The van der Waals surface area contributed by atoms with Crippen LogP contribution in [0.15, 0.2) is 45.1 Å². The van der Waals surface area contributed by atoms with E-state index in [1.165, 1.54) is 11.8 Å². The fourth-order valence-corrected chi connectivity index (χ4v) is 3.99. The van der Waals surface area contributed by atoms with Gasteiger partial charge in [-0.1, -0.05) is 0 Å². The third-order valence-corrected chi connectivity index (χ3v) is 5.55. The van der Waals surface area contributed by atoms with Crippen molar-refractivity contribution in [3.05, 3.63) is 63.2 Å². The van der Waals surface area contributed by atoms with Crippen LogP contribution in [0, 0.1) is 13.8 Å². The van der Waals surface area contributed by atoms with Crippen molar-refractivity contribution in [2.75, 3.05) is 13.2 Å². The van der Waals surface area contributed by atoms with E-state index in [9.17, 15) is 9.90 Å². The summed E-state index contributed by atoms with van der Waals surface area (Å²) >= 11 is 1.62. The molecule has 0 bridgehead atoms. The Labute approximate surface area is 165 Å². The number of hydrogen-bond donors (Lipinski definition) is 2. The summed E-state index contributed by atoms with van der Waals surface area (Å²) in [7, 11) is 0. The average Bonchev–Trinajstić information content (AvgIpc) is 3.21. The molecule has 7 nitrogen and oxygen atoms in total. The van der Waals surface area contributed by atoms with Crippen molar-refractivity contribution >= 4 is 27.3 Å². The number of ether oxygens (including phenoxy) is 1. The van der Waals surface area contributed by atoms with Gasteiger partial charge in [-0.15, -0.1) is 11.3 Å². The third-order valence-electron chi connectivity index (χ3n) is 4.60. The van der Waals surface area contributed by atoms with E-state index in [4.69, 9.17) is 9.15 Å². The van der Waals surface area contributed by atoms with Crippen LogP contribution in [0.3, 0.4) is 0 Å². The summed E-state index contributed by atoms with van der Waals surface area (Å²) in [6.07, 6.45) is 1.41. The van der Waals surface area contributed by atoms with Crippen LogP contribution in [0.1, 0.15) is 17.0 Å². The Hall–Kier alpha value is -2.68. The maximum Gasteiger partial charge on any atom is 0.336 e. The predicted octanol–water partition coefficient (Wildman–Crippen LogP) is 1.62. The van der Waals surface area contributed by atoms with E-state index < -0.39 is 6.10 Å². The number of aromatic nitrogens is 2. The normalized spacial score (nSPS) is 12.7. The number of thiazole rings is 1. The predicted molar refractivity (Wildman–Crippen MR) is 107 cm³/mol. The number of imidazole rings is 1. The molecule has 1 aromatic carbocycles. The minimum absolute atomic E-state index is 0.162. The monoisotopic (exact) mass is 400 g/mol. The summed E-state index contributed by atoms with van der Waals surface area (Å²) in [6.45, 7) is 5.29. The van der Waals surface area contributed by atoms with E-state index in [0.717, 1.165) is 21.6 Å². The van der Waals surface area contributed by atoms with Crippen molar-refractivity contribution < 1.29 is 19.6 Å². The van der Waals surface area contributed by atoms with Crippen LogP contribution in [0.25, 0.3) is 15.9 Å². The number of aryl methyl sites for hydroxylation is 2. The highest BCUT2D eigenvalue weighted by Crippen LogP contribution is 2.22. The topological polar surface area (TPSA) is 93.6 Å². The Balaban J connectivity index is 1.29. The van der Waals surface area contributed by atoms with Crippen molar-refractivity contribution in [3.63, 3.8) is 0 Å². The zero-order chi connectivity index (χ0) is 19.7. The molecule has 0 amide bonds. The highest BCUT2D eigenvalue weighted by molar-refractivity contribution is 7.15. The molecule has 3 heterocycles. The number of rotatable bonds is 7. The lowest BCUT2D eigenvalue weighted by atomic mass is 10.1. The van der Waals surface area contributed by atoms with Crippen LogP contribution in [0.2, 0.25) is 0 Å². The molecule has 0 saturated carbocycles. The lowest BCUT2D eigenvalue weighted by Gasteiger charge is -2.11. The van der Waals surface area contributed by atoms with Crippen molar-refractivity contribution in [1.82, 2.24) is 9.38 Å². The second-order valence-electron chi connectivity index (χ2n) is 6.86. The summed E-state index contributed by atoms with van der Waals surface area (Å²) in [5.41, 5.74) is 3.13. The Kier molecular flexibility index (Phi) is 5.17. The van der Waals surface area contributed by atoms with Crippen LogP contribution in [0.4, 0.5) is 0 Å². The number of hydrogen-bond acceptors (Lipinski definition) is 6. The number of quaternary nitrogens is 1. The van der Waals surface area contributed by atoms with Gasteiger partial charge in [-0.3, -0.25) is 4.40 Å². The SMILES string of the molecule is Cc1cc(=O)oc2cc(OC[C@@H](O)C[NH2+]Cc3cn4c(C)csc4n3)ccc12.